The smallest absolute Gasteiger partial charge is 0.253 e. The molecule has 1 aromatic heterocycles. The van der Waals surface area contributed by atoms with E-state index in [0.717, 1.165) is 74.6 Å². The van der Waals surface area contributed by atoms with Crippen molar-refractivity contribution in [2.45, 2.75) is 0 Å². The molecule has 3 aliphatic heterocycles. The summed E-state index contributed by atoms with van der Waals surface area (Å²) in [5.74, 6) is 2.14. The second-order valence-corrected chi connectivity index (χ2v) is 10.2. The highest BCUT2D eigenvalue weighted by Crippen LogP contribution is 2.26. The van der Waals surface area contributed by atoms with E-state index in [1.54, 1.807) is 0 Å². The van der Waals surface area contributed by atoms with E-state index in [9.17, 15) is 4.79 Å². The number of carbonyl (C=O) groups is 1. The third kappa shape index (κ3) is 5.88. The summed E-state index contributed by atoms with van der Waals surface area (Å²) in [6.45, 7) is 9.10. The average molecular weight is 530 g/mol. The molecule has 10 nitrogen and oxygen atoms in total. The second kappa shape index (κ2) is 11.6. The van der Waals surface area contributed by atoms with Crippen LogP contribution in [0.15, 0.2) is 48.5 Å². The van der Waals surface area contributed by atoms with Crippen molar-refractivity contribution < 1.29 is 14.3 Å². The van der Waals surface area contributed by atoms with Crippen LogP contribution >= 0.6 is 0 Å². The Balaban J connectivity index is 1.22. The summed E-state index contributed by atoms with van der Waals surface area (Å²) in [4.78, 5) is 35.9. The molecule has 39 heavy (non-hydrogen) atoms. The van der Waals surface area contributed by atoms with E-state index >= 15 is 0 Å². The first-order valence-corrected chi connectivity index (χ1v) is 13.7. The van der Waals surface area contributed by atoms with Crippen molar-refractivity contribution in [3.05, 3.63) is 54.1 Å². The number of anilines is 2. The summed E-state index contributed by atoms with van der Waals surface area (Å²) in [5.41, 5.74) is 3.81. The first-order valence-electron chi connectivity index (χ1n) is 13.7. The van der Waals surface area contributed by atoms with Crippen molar-refractivity contribution in [1.29, 1.82) is 0 Å². The molecule has 3 aromatic rings. The summed E-state index contributed by atoms with van der Waals surface area (Å²) >= 11 is 0. The van der Waals surface area contributed by atoms with Crippen molar-refractivity contribution in [1.82, 2.24) is 24.8 Å². The highest BCUT2D eigenvalue weighted by molar-refractivity contribution is 5.94. The molecule has 1 amide bonds. The van der Waals surface area contributed by atoms with E-state index in [4.69, 9.17) is 24.4 Å². The van der Waals surface area contributed by atoms with E-state index in [1.807, 2.05) is 29.2 Å². The number of hydrogen-bond donors (Lipinski definition) is 0. The maximum absolute atomic E-state index is 12.9. The standard InChI is InChI=1S/C29H35N7O3/c1-33-10-12-34(13-11-33)27(37)25-8-4-23(5-9-25)22-2-6-24(7-3-22)26-30-28(35-14-18-38-19-15-35)32-29(31-26)36-16-20-39-21-17-36/h2-9H,10-21H2,1H3. The van der Waals surface area contributed by atoms with Crippen LogP contribution in [0.3, 0.4) is 0 Å². The molecule has 0 radical (unpaired) electrons. The van der Waals surface area contributed by atoms with Crippen LogP contribution in [0.5, 0.6) is 0 Å². The zero-order valence-corrected chi connectivity index (χ0v) is 22.5. The fourth-order valence-corrected chi connectivity index (χ4v) is 5.10. The molecular formula is C29H35N7O3. The summed E-state index contributed by atoms with van der Waals surface area (Å²) in [6.07, 6.45) is 0. The van der Waals surface area contributed by atoms with Gasteiger partial charge in [0.05, 0.1) is 26.4 Å². The Kier molecular flexibility index (Phi) is 7.67. The first-order chi connectivity index (χ1) is 19.1. The van der Waals surface area contributed by atoms with Crippen LogP contribution in [-0.4, -0.2) is 116 Å². The van der Waals surface area contributed by atoms with Crippen LogP contribution in [0.4, 0.5) is 11.9 Å². The van der Waals surface area contributed by atoms with Gasteiger partial charge in [0.2, 0.25) is 11.9 Å². The number of benzene rings is 2. The first kappa shape index (κ1) is 25.7. The Morgan fingerprint density at radius 2 is 1.08 bits per heavy atom. The Hall–Kier alpha value is -3.60. The number of carbonyl (C=O) groups excluding carboxylic acids is 1. The minimum absolute atomic E-state index is 0.104. The van der Waals surface area contributed by atoms with Gasteiger partial charge in [-0.2, -0.15) is 15.0 Å². The number of aromatic nitrogens is 3. The lowest BCUT2D eigenvalue weighted by atomic mass is 10.0. The normalized spacial score (nSPS) is 18.8. The summed E-state index contributed by atoms with van der Waals surface area (Å²) < 4.78 is 11.1. The van der Waals surface area contributed by atoms with Crippen molar-refractivity contribution in [2.75, 3.05) is 95.6 Å². The van der Waals surface area contributed by atoms with Gasteiger partial charge in [-0.15, -0.1) is 0 Å². The Morgan fingerprint density at radius 3 is 1.59 bits per heavy atom. The quantitative estimate of drug-likeness (QED) is 0.494. The van der Waals surface area contributed by atoms with Crippen molar-refractivity contribution >= 4 is 17.8 Å². The van der Waals surface area contributed by atoms with Crippen molar-refractivity contribution in [3.8, 4) is 22.5 Å². The lowest BCUT2D eigenvalue weighted by molar-refractivity contribution is 0.0664. The number of piperazine rings is 1. The van der Waals surface area contributed by atoms with Gasteiger partial charge in [-0.05, 0) is 30.3 Å². The van der Waals surface area contributed by atoms with E-state index < -0.39 is 0 Å². The molecule has 0 bridgehead atoms. The molecule has 10 heteroatoms. The molecule has 3 aliphatic rings. The molecule has 0 unspecified atom stereocenters. The number of hydrogen-bond acceptors (Lipinski definition) is 9. The Morgan fingerprint density at radius 1 is 0.615 bits per heavy atom. The van der Waals surface area contributed by atoms with Gasteiger partial charge in [-0.1, -0.05) is 36.4 Å². The zero-order valence-electron chi connectivity index (χ0n) is 22.5. The van der Waals surface area contributed by atoms with Crippen LogP contribution < -0.4 is 9.80 Å². The number of rotatable bonds is 5. The highest BCUT2D eigenvalue weighted by atomic mass is 16.5. The molecule has 0 saturated carbocycles. The zero-order chi connectivity index (χ0) is 26.6. The van der Waals surface area contributed by atoms with E-state index in [1.165, 1.54) is 0 Å². The van der Waals surface area contributed by atoms with Gasteiger partial charge in [-0.25, -0.2) is 0 Å². The third-order valence-corrected chi connectivity index (χ3v) is 7.60. The summed E-state index contributed by atoms with van der Waals surface area (Å²) in [6, 6.07) is 16.2. The monoisotopic (exact) mass is 529 g/mol. The van der Waals surface area contributed by atoms with Gasteiger partial charge >= 0.3 is 0 Å². The van der Waals surface area contributed by atoms with Gasteiger partial charge in [0.1, 0.15) is 0 Å². The Labute approximate surface area is 229 Å². The van der Waals surface area contributed by atoms with Crippen molar-refractivity contribution in [2.24, 2.45) is 0 Å². The minimum Gasteiger partial charge on any atom is -0.378 e. The second-order valence-electron chi connectivity index (χ2n) is 10.2. The highest BCUT2D eigenvalue weighted by Gasteiger charge is 2.22. The van der Waals surface area contributed by atoms with Crippen molar-refractivity contribution in [3.63, 3.8) is 0 Å². The van der Waals surface area contributed by atoms with E-state index in [0.29, 0.717) is 44.1 Å². The summed E-state index contributed by atoms with van der Waals surface area (Å²) in [7, 11) is 2.09. The number of morpholine rings is 2. The molecule has 6 rings (SSSR count). The SMILES string of the molecule is CN1CCN(C(=O)c2ccc(-c3ccc(-c4nc(N5CCOCC5)nc(N5CCOCC5)n4)cc3)cc2)CC1. The van der Waals surface area contributed by atoms with Crippen LogP contribution in [0.25, 0.3) is 22.5 Å². The molecule has 0 N–H and O–H groups in total. The minimum atomic E-state index is 0.104. The van der Waals surface area contributed by atoms with Crippen LogP contribution in [0.2, 0.25) is 0 Å². The fourth-order valence-electron chi connectivity index (χ4n) is 5.10. The average Bonchev–Trinajstić information content (AvgIpc) is 3.02. The number of nitrogens with zero attached hydrogens (tertiary/aromatic N) is 7. The predicted molar refractivity (Wildman–Crippen MR) is 150 cm³/mol. The predicted octanol–water partition coefficient (Wildman–Crippen LogP) is 2.27. The summed E-state index contributed by atoms with van der Waals surface area (Å²) in [5, 5.41) is 0. The lowest BCUT2D eigenvalue weighted by Crippen LogP contribution is -2.47. The molecule has 0 spiro atoms. The van der Waals surface area contributed by atoms with Gasteiger partial charge in [0.15, 0.2) is 5.82 Å². The maximum Gasteiger partial charge on any atom is 0.253 e. The number of amides is 1. The number of likely N-dealkylation sites (N-methyl/N-ethyl adjacent to an activating group) is 1. The molecular weight excluding hydrogens is 494 g/mol. The molecule has 3 saturated heterocycles. The van der Waals surface area contributed by atoms with Crippen LogP contribution in [-0.2, 0) is 9.47 Å². The van der Waals surface area contributed by atoms with Crippen LogP contribution in [0.1, 0.15) is 10.4 Å². The van der Waals surface area contributed by atoms with Gasteiger partial charge in [-0.3, -0.25) is 4.79 Å². The van der Waals surface area contributed by atoms with Gasteiger partial charge in [0.25, 0.3) is 5.91 Å². The third-order valence-electron chi connectivity index (χ3n) is 7.60. The molecule has 4 heterocycles. The molecule has 2 aromatic carbocycles. The fraction of sp³-hybridized carbons (Fsp3) is 0.448. The molecule has 204 valence electrons. The topological polar surface area (TPSA) is 87.2 Å². The molecule has 3 fully saturated rings. The Bertz CT molecular complexity index is 1230. The van der Waals surface area contributed by atoms with E-state index in [-0.39, 0.29) is 5.91 Å². The maximum atomic E-state index is 12.9. The van der Waals surface area contributed by atoms with Crippen LogP contribution in [0, 0.1) is 0 Å². The molecule has 0 atom stereocenters. The lowest BCUT2D eigenvalue weighted by Gasteiger charge is -2.32. The van der Waals surface area contributed by atoms with Gasteiger partial charge in [0, 0.05) is 63.5 Å². The largest absolute Gasteiger partial charge is 0.378 e. The molecule has 0 aliphatic carbocycles. The van der Waals surface area contributed by atoms with Gasteiger partial charge < -0.3 is 29.1 Å². The van der Waals surface area contributed by atoms with E-state index in [2.05, 4.69) is 46.0 Å². The number of ether oxygens (including phenoxy) is 2.